The number of aromatic nitrogens is 1. The van der Waals surface area contributed by atoms with Gasteiger partial charge in [-0.1, -0.05) is 18.2 Å². The van der Waals surface area contributed by atoms with E-state index < -0.39 is 0 Å². The molecule has 2 N–H and O–H groups in total. The molecule has 1 unspecified atom stereocenters. The van der Waals surface area contributed by atoms with Crippen molar-refractivity contribution < 1.29 is 0 Å². The van der Waals surface area contributed by atoms with E-state index in [4.69, 9.17) is 4.98 Å². The molecule has 0 bridgehead atoms. The number of para-hydroxylation sites is 1. The van der Waals surface area contributed by atoms with Crippen molar-refractivity contribution in [1.29, 1.82) is 0 Å². The number of hydrogen-bond donors (Lipinski definition) is 2. The Bertz CT molecular complexity index is 891. The zero-order valence-electron chi connectivity index (χ0n) is 18.6. The number of nitrogens with zero attached hydrogens (tertiary/aromatic N) is 3. The van der Waals surface area contributed by atoms with Gasteiger partial charge in [-0.2, -0.15) is 0 Å². The van der Waals surface area contributed by atoms with Gasteiger partial charge in [0.05, 0.1) is 23.1 Å². The molecule has 2 aromatic rings. The van der Waals surface area contributed by atoms with Crippen molar-refractivity contribution >= 4 is 11.4 Å². The van der Waals surface area contributed by atoms with E-state index >= 15 is 0 Å². The van der Waals surface area contributed by atoms with Gasteiger partial charge in [0.25, 0.3) is 0 Å². The van der Waals surface area contributed by atoms with Crippen LogP contribution in [0.15, 0.2) is 36.5 Å². The van der Waals surface area contributed by atoms with Gasteiger partial charge in [0, 0.05) is 19.3 Å². The SMILES string of the molecule is Cc1cccnc1[C@@H]1CCC[C@H](C2Nc3c(C4CCNCC4)cccc3N2C)N1C. The number of nitrogens with one attached hydrogen (secondary N) is 2. The minimum Gasteiger partial charge on any atom is -0.362 e. The molecular weight excluding hydrogens is 370 g/mol. The van der Waals surface area contributed by atoms with E-state index in [1.165, 1.54) is 60.3 Å². The highest BCUT2D eigenvalue weighted by atomic mass is 15.4. The number of benzene rings is 1. The first-order chi connectivity index (χ1) is 14.6. The minimum atomic E-state index is 0.305. The topological polar surface area (TPSA) is 43.4 Å². The summed E-state index contributed by atoms with van der Waals surface area (Å²) in [7, 11) is 4.56. The van der Waals surface area contributed by atoms with E-state index in [1.807, 2.05) is 12.3 Å². The Labute approximate surface area is 180 Å². The van der Waals surface area contributed by atoms with Crippen LogP contribution in [0.25, 0.3) is 0 Å². The molecule has 2 saturated heterocycles. The molecule has 2 fully saturated rings. The number of aryl methyl sites for hydroxylation is 1. The highest BCUT2D eigenvalue weighted by molar-refractivity contribution is 5.79. The van der Waals surface area contributed by atoms with Crippen molar-refractivity contribution in [3.05, 3.63) is 53.3 Å². The lowest BCUT2D eigenvalue weighted by Crippen LogP contribution is -2.53. The zero-order valence-corrected chi connectivity index (χ0v) is 18.6. The highest BCUT2D eigenvalue weighted by Gasteiger charge is 2.40. The molecule has 0 aliphatic carbocycles. The predicted molar refractivity (Wildman–Crippen MR) is 124 cm³/mol. The fourth-order valence-electron chi connectivity index (χ4n) is 5.95. The second-order valence-electron chi connectivity index (χ2n) is 9.35. The second-order valence-corrected chi connectivity index (χ2v) is 9.35. The summed E-state index contributed by atoms with van der Waals surface area (Å²) in [5.41, 5.74) is 6.80. The number of rotatable bonds is 3. The minimum absolute atomic E-state index is 0.305. The molecule has 160 valence electrons. The van der Waals surface area contributed by atoms with Gasteiger partial charge in [0.2, 0.25) is 0 Å². The molecule has 3 aliphatic heterocycles. The van der Waals surface area contributed by atoms with E-state index in [2.05, 4.69) is 65.7 Å². The number of hydrogen-bond acceptors (Lipinski definition) is 5. The summed E-state index contributed by atoms with van der Waals surface area (Å²) in [6.07, 6.45) is 8.37. The normalized spacial score (nSPS) is 27.7. The summed E-state index contributed by atoms with van der Waals surface area (Å²) >= 11 is 0. The number of pyridine rings is 1. The van der Waals surface area contributed by atoms with Gasteiger partial charge >= 0.3 is 0 Å². The lowest BCUT2D eigenvalue weighted by atomic mass is 9.88. The molecule has 3 aliphatic rings. The van der Waals surface area contributed by atoms with Crippen molar-refractivity contribution in [1.82, 2.24) is 15.2 Å². The van der Waals surface area contributed by atoms with E-state index in [1.54, 1.807) is 0 Å². The lowest BCUT2D eigenvalue weighted by Gasteiger charge is -2.44. The summed E-state index contributed by atoms with van der Waals surface area (Å²) < 4.78 is 0. The van der Waals surface area contributed by atoms with Gasteiger partial charge in [-0.15, -0.1) is 0 Å². The Balaban J connectivity index is 1.41. The van der Waals surface area contributed by atoms with Crippen LogP contribution >= 0.6 is 0 Å². The molecule has 0 saturated carbocycles. The monoisotopic (exact) mass is 405 g/mol. The average Bonchev–Trinajstić information content (AvgIpc) is 3.12. The lowest BCUT2D eigenvalue weighted by molar-refractivity contribution is 0.0991. The van der Waals surface area contributed by atoms with Crippen LogP contribution in [0.5, 0.6) is 0 Å². The molecule has 0 radical (unpaired) electrons. The third kappa shape index (κ3) is 3.38. The van der Waals surface area contributed by atoms with Gasteiger partial charge < -0.3 is 15.5 Å². The average molecular weight is 406 g/mol. The summed E-state index contributed by atoms with van der Waals surface area (Å²) in [5.74, 6) is 0.661. The maximum atomic E-state index is 4.77. The third-order valence-corrected chi connectivity index (χ3v) is 7.67. The molecular formula is C25H35N5. The maximum Gasteiger partial charge on any atom is 0.115 e. The Morgan fingerprint density at radius 2 is 1.83 bits per heavy atom. The first-order valence-corrected chi connectivity index (χ1v) is 11.6. The Hall–Kier alpha value is -2.11. The first kappa shape index (κ1) is 19.8. The van der Waals surface area contributed by atoms with Gasteiger partial charge in [-0.25, -0.2) is 0 Å². The van der Waals surface area contributed by atoms with E-state index in [0.717, 1.165) is 13.1 Å². The molecule has 3 atom stereocenters. The van der Waals surface area contributed by atoms with Crippen LogP contribution in [0, 0.1) is 6.92 Å². The first-order valence-electron chi connectivity index (χ1n) is 11.6. The van der Waals surface area contributed by atoms with Crippen LogP contribution in [0.1, 0.15) is 60.9 Å². The van der Waals surface area contributed by atoms with Gasteiger partial charge in [-0.3, -0.25) is 9.88 Å². The van der Waals surface area contributed by atoms with Crippen molar-refractivity contribution in [3.8, 4) is 0 Å². The summed E-state index contributed by atoms with van der Waals surface area (Å²) in [6, 6.07) is 12.0. The van der Waals surface area contributed by atoms with Crippen LogP contribution < -0.4 is 15.5 Å². The second kappa shape index (κ2) is 8.20. The number of likely N-dealkylation sites (tertiary alicyclic amines) is 1. The fourth-order valence-corrected chi connectivity index (χ4v) is 5.95. The van der Waals surface area contributed by atoms with Crippen molar-refractivity contribution in [3.63, 3.8) is 0 Å². The molecule has 30 heavy (non-hydrogen) atoms. The van der Waals surface area contributed by atoms with Crippen molar-refractivity contribution in [2.24, 2.45) is 0 Å². The third-order valence-electron chi connectivity index (χ3n) is 7.67. The van der Waals surface area contributed by atoms with Crippen LogP contribution in [0.3, 0.4) is 0 Å². The molecule has 4 heterocycles. The standard InChI is InChI=1S/C25H35N5/c1-17-7-6-14-27-23(17)20-10-5-11-22(29(20)2)25-28-24-19(18-12-15-26-16-13-18)8-4-9-21(24)30(25)3/h4,6-9,14,18,20,22,25-26,28H,5,10-13,15-16H2,1-3H3/t20-,22+,25?/m0/s1. The molecule has 0 amide bonds. The molecule has 1 aromatic heterocycles. The molecule has 1 aromatic carbocycles. The predicted octanol–water partition coefficient (Wildman–Crippen LogP) is 4.27. The Kier molecular flexibility index (Phi) is 5.42. The van der Waals surface area contributed by atoms with E-state index in [0.29, 0.717) is 24.2 Å². The molecule has 5 rings (SSSR count). The molecule has 5 nitrogen and oxygen atoms in total. The maximum absolute atomic E-state index is 4.77. The van der Waals surface area contributed by atoms with E-state index in [-0.39, 0.29) is 0 Å². The Morgan fingerprint density at radius 3 is 2.63 bits per heavy atom. The highest BCUT2D eigenvalue weighted by Crippen LogP contribution is 2.45. The Morgan fingerprint density at radius 1 is 1.00 bits per heavy atom. The van der Waals surface area contributed by atoms with Gasteiger partial charge in [0.15, 0.2) is 0 Å². The number of likely N-dealkylation sites (N-methyl/N-ethyl adjacent to an activating group) is 2. The van der Waals surface area contributed by atoms with Crippen LogP contribution in [0.2, 0.25) is 0 Å². The summed E-state index contributed by atoms with van der Waals surface area (Å²) in [5, 5.41) is 7.49. The van der Waals surface area contributed by atoms with Crippen LogP contribution in [-0.4, -0.2) is 49.3 Å². The van der Waals surface area contributed by atoms with Gasteiger partial charge in [0.1, 0.15) is 6.17 Å². The van der Waals surface area contributed by atoms with Crippen LogP contribution in [-0.2, 0) is 0 Å². The smallest absolute Gasteiger partial charge is 0.115 e. The van der Waals surface area contributed by atoms with Crippen LogP contribution in [0.4, 0.5) is 11.4 Å². The zero-order chi connectivity index (χ0) is 20.7. The summed E-state index contributed by atoms with van der Waals surface area (Å²) in [6.45, 7) is 4.45. The number of piperidine rings is 2. The van der Waals surface area contributed by atoms with Crippen molar-refractivity contribution in [2.75, 3.05) is 37.4 Å². The largest absolute Gasteiger partial charge is 0.362 e. The molecule has 5 heteroatoms. The van der Waals surface area contributed by atoms with E-state index in [9.17, 15) is 0 Å². The number of fused-ring (bicyclic) bond motifs is 1. The summed E-state index contributed by atoms with van der Waals surface area (Å²) in [4.78, 5) is 9.83. The van der Waals surface area contributed by atoms with Gasteiger partial charge in [-0.05, 0) is 88.3 Å². The number of anilines is 2. The fraction of sp³-hybridized carbons (Fsp3) is 0.560. The van der Waals surface area contributed by atoms with Crippen molar-refractivity contribution in [2.45, 2.75) is 63.2 Å². The molecule has 0 spiro atoms. The quantitative estimate of drug-likeness (QED) is 0.798.